The van der Waals surface area contributed by atoms with Gasteiger partial charge in [0.1, 0.15) is 11.9 Å². The number of rotatable bonds is 5. The number of hydrogen-bond acceptors (Lipinski definition) is 3. The van der Waals surface area contributed by atoms with Gasteiger partial charge in [-0.1, -0.05) is 13.3 Å². The number of benzene rings is 1. The van der Waals surface area contributed by atoms with Crippen LogP contribution in [0.5, 0.6) is 0 Å². The Morgan fingerprint density at radius 3 is 2.74 bits per heavy atom. The van der Waals surface area contributed by atoms with Crippen molar-refractivity contribution in [3.05, 3.63) is 34.1 Å². The van der Waals surface area contributed by atoms with Gasteiger partial charge in [-0.15, -0.1) is 0 Å². The molecule has 6 heteroatoms. The maximum atomic E-state index is 13.1. The first kappa shape index (κ1) is 15.6. The van der Waals surface area contributed by atoms with Gasteiger partial charge in [0.15, 0.2) is 0 Å². The molecule has 4 nitrogen and oxygen atoms in total. The number of amides is 1. The highest BCUT2D eigenvalue weighted by molar-refractivity contribution is 9.10. The van der Waals surface area contributed by atoms with E-state index in [0.717, 1.165) is 6.07 Å². The van der Waals surface area contributed by atoms with Crippen LogP contribution >= 0.6 is 15.9 Å². The van der Waals surface area contributed by atoms with Gasteiger partial charge in [0, 0.05) is 4.47 Å². The summed E-state index contributed by atoms with van der Waals surface area (Å²) >= 11 is 3.17. The second kappa shape index (κ2) is 7.23. The van der Waals surface area contributed by atoms with E-state index in [4.69, 9.17) is 0 Å². The molecule has 0 fully saturated rings. The molecule has 1 N–H and O–H groups in total. The van der Waals surface area contributed by atoms with E-state index < -0.39 is 23.7 Å². The molecule has 1 atom stereocenters. The third-order valence-corrected chi connectivity index (χ3v) is 3.23. The molecule has 0 aliphatic heterocycles. The lowest BCUT2D eigenvalue weighted by Gasteiger charge is -2.16. The van der Waals surface area contributed by atoms with Gasteiger partial charge in [-0.25, -0.2) is 9.18 Å². The van der Waals surface area contributed by atoms with E-state index in [-0.39, 0.29) is 5.56 Å². The average molecular weight is 332 g/mol. The van der Waals surface area contributed by atoms with Gasteiger partial charge in [-0.3, -0.25) is 4.79 Å². The molecule has 104 valence electrons. The van der Waals surface area contributed by atoms with Crippen molar-refractivity contribution in [1.29, 1.82) is 0 Å². The molecule has 0 saturated carbocycles. The van der Waals surface area contributed by atoms with Gasteiger partial charge in [0.25, 0.3) is 5.91 Å². The van der Waals surface area contributed by atoms with E-state index in [1.165, 1.54) is 19.2 Å². The van der Waals surface area contributed by atoms with E-state index in [1.54, 1.807) is 0 Å². The van der Waals surface area contributed by atoms with Crippen LogP contribution in [0.4, 0.5) is 4.39 Å². The van der Waals surface area contributed by atoms with Gasteiger partial charge in [-0.05, 0) is 40.5 Å². The van der Waals surface area contributed by atoms with Crippen molar-refractivity contribution in [2.24, 2.45) is 0 Å². The highest BCUT2D eigenvalue weighted by Crippen LogP contribution is 2.18. The first-order valence-electron chi connectivity index (χ1n) is 5.83. The lowest BCUT2D eigenvalue weighted by molar-refractivity contribution is -0.143. The molecule has 1 aromatic rings. The number of halogens is 2. The van der Waals surface area contributed by atoms with E-state index in [0.29, 0.717) is 17.3 Å². The van der Waals surface area contributed by atoms with Crippen LogP contribution in [0.25, 0.3) is 0 Å². The van der Waals surface area contributed by atoms with Crippen LogP contribution in [0.2, 0.25) is 0 Å². The second-order valence-corrected chi connectivity index (χ2v) is 4.82. The molecule has 0 aromatic heterocycles. The Balaban J connectivity index is 2.87. The Morgan fingerprint density at radius 1 is 1.47 bits per heavy atom. The molecule has 0 bridgehead atoms. The molecule has 1 rings (SSSR count). The van der Waals surface area contributed by atoms with E-state index in [1.807, 2.05) is 6.92 Å². The van der Waals surface area contributed by atoms with Gasteiger partial charge in [-0.2, -0.15) is 0 Å². The highest BCUT2D eigenvalue weighted by atomic mass is 79.9. The molecular formula is C13H15BrFNO3. The van der Waals surface area contributed by atoms with Crippen LogP contribution in [0.1, 0.15) is 30.1 Å². The monoisotopic (exact) mass is 331 g/mol. The van der Waals surface area contributed by atoms with Crippen LogP contribution < -0.4 is 5.32 Å². The summed E-state index contributed by atoms with van der Waals surface area (Å²) in [5.74, 6) is -1.54. The molecule has 1 amide bonds. The maximum absolute atomic E-state index is 13.1. The molecule has 0 saturated heterocycles. The summed E-state index contributed by atoms with van der Waals surface area (Å²) in [5, 5.41) is 2.54. The van der Waals surface area contributed by atoms with Crippen molar-refractivity contribution in [3.63, 3.8) is 0 Å². The Morgan fingerprint density at radius 2 is 2.16 bits per heavy atom. The van der Waals surface area contributed by atoms with Crippen LogP contribution in [0, 0.1) is 5.82 Å². The summed E-state index contributed by atoms with van der Waals surface area (Å²) in [7, 11) is 1.26. The van der Waals surface area contributed by atoms with Crippen LogP contribution in [-0.2, 0) is 9.53 Å². The molecule has 1 aromatic carbocycles. The molecular weight excluding hydrogens is 317 g/mol. The lowest BCUT2D eigenvalue weighted by Crippen LogP contribution is -2.41. The third-order valence-electron chi connectivity index (χ3n) is 2.54. The van der Waals surface area contributed by atoms with Crippen LogP contribution in [0.3, 0.4) is 0 Å². The SMILES string of the molecule is CCCC(NC(=O)c1cc(F)ccc1Br)C(=O)OC. The van der Waals surface area contributed by atoms with Gasteiger partial charge < -0.3 is 10.1 Å². The van der Waals surface area contributed by atoms with E-state index in [2.05, 4.69) is 26.0 Å². The average Bonchev–Trinajstić information content (AvgIpc) is 2.40. The number of ether oxygens (including phenoxy) is 1. The zero-order chi connectivity index (χ0) is 14.4. The number of esters is 1. The predicted octanol–water partition coefficient (Wildman–Crippen LogP) is 2.66. The summed E-state index contributed by atoms with van der Waals surface area (Å²) in [6.07, 6.45) is 1.18. The first-order valence-corrected chi connectivity index (χ1v) is 6.62. The van der Waals surface area contributed by atoms with Crippen LogP contribution in [0.15, 0.2) is 22.7 Å². The molecule has 0 heterocycles. The minimum absolute atomic E-state index is 0.144. The van der Waals surface area contributed by atoms with Gasteiger partial charge in [0.05, 0.1) is 12.7 Å². The van der Waals surface area contributed by atoms with Crippen molar-refractivity contribution in [3.8, 4) is 0 Å². The van der Waals surface area contributed by atoms with Crippen molar-refractivity contribution < 1.29 is 18.7 Å². The van der Waals surface area contributed by atoms with Gasteiger partial charge >= 0.3 is 5.97 Å². The number of carbonyl (C=O) groups excluding carboxylic acids is 2. The Kier molecular flexibility index (Phi) is 5.95. The largest absolute Gasteiger partial charge is 0.467 e. The van der Waals surface area contributed by atoms with E-state index >= 15 is 0 Å². The standard InChI is InChI=1S/C13H15BrFNO3/c1-3-4-11(13(18)19-2)16-12(17)9-7-8(15)5-6-10(9)14/h5-7,11H,3-4H2,1-2H3,(H,16,17). The van der Waals surface area contributed by atoms with Crippen molar-refractivity contribution in [1.82, 2.24) is 5.32 Å². The molecule has 19 heavy (non-hydrogen) atoms. The smallest absolute Gasteiger partial charge is 0.328 e. The summed E-state index contributed by atoms with van der Waals surface area (Å²) < 4.78 is 18.2. The first-order chi connectivity index (χ1) is 8.99. The van der Waals surface area contributed by atoms with Gasteiger partial charge in [0.2, 0.25) is 0 Å². The number of carbonyl (C=O) groups is 2. The van der Waals surface area contributed by atoms with Crippen LogP contribution in [-0.4, -0.2) is 25.0 Å². The quantitative estimate of drug-likeness (QED) is 0.844. The zero-order valence-electron chi connectivity index (χ0n) is 10.7. The summed E-state index contributed by atoms with van der Waals surface area (Å²) in [6, 6.07) is 3.07. The van der Waals surface area contributed by atoms with Crippen molar-refractivity contribution >= 4 is 27.8 Å². The molecule has 0 aliphatic rings. The summed E-state index contributed by atoms with van der Waals surface area (Å²) in [6.45, 7) is 1.89. The summed E-state index contributed by atoms with van der Waals surface area (Å²) in [5.41, 5.74) is 0.144. The fraction of sp³-hybridized carbons (Fsp3) is 0.385. The Hall–Kier alpha value is -1.43. The van der Waals surface area contributed by atoms with E-state index in [9.17, 15) is 14.0 Å². The minimum atomic E-state index is -0.724. The number of hydrogen-bond donors (Lipinski definition) is 1. The molecule has 0 spiro atoms. The lowest BCUT2D eigenvalue weighted by atomic mass is 10.1. The van der Waals surface area contributed by atoms with Crippen molar-refractivity contribution in [2.45, 2.75) is 25.8 Å². The third kappa shape index (κ3) is 4.31. The second-order valence-electron chi connectivity index (χ2n) is 3.96. The molecule has 0 radical (unpaired) electrons. The normalized spacial score (nSPS) is 11.8. The Labute approximate surface area is 119 Å². The fourth-order valence-electron chi connectivity index (χ4n) is 1.59. The fourth-order valence-corrected chi connectivity index (χ4v) is 2.01. The zero-order valence-corrected chi connectivity index (χ0v) is 12.3. The molecule has 0 aliphatic carbocycles. The number of methoxy groups -OCH3 is 1. The Bertz CT molecular complexity index is 479. The highest BCUT2D eigenvalue weighted by Gasteiger charge is 2.22. The maximum Gasteiger partial charge on any atom is 0.328 e. The molecule has 1 unspecified atom stereocenters. The number of nitrogens with one attached hydrogen (secondary N) is 1. The minimum Gasteiger partial charge on any atom is -0.467 e. The topological polar surface area (TPSA) is 55.4 Å². The summed E-state index contributed by atoms with van der Waals surface area (Å²) in [4.78, 5) is 23.5. The predicted molar refractivity (Wildman–Crippen MR) is 72.3 cm³/mol. The van der Waals surface area contributed by atoms with Crippen molar-refractivity contribution in [2.75, 3.05) is 7.11 Å².